The first-order valence-electron chi connectivity index (χ1n) is 6.12. The molecule has 1 aromatic rings. The van der Waals surface area contributed by atoms with Crippen molar-refractivity contribution in [2.75, 3.05) is 0 Å². The fraction of sp³-hybridized carbons (Fsp3) is 0.571. The molecule has 1 aromatic carbocycles. The summed E-state index contributed by atoms with van der Waals surface area (Å²) < 4.78 is 0. The van der Waals surface area contributed by atoms with E-state index in [0.29, 0.717) is 12.1 Å². The van der Waals surface area contributed by atoms with Gasteiger partial charge >= 0.3 is 0 Å². The Labute approximate surface area is 104 Å². The van der Waals surface area contributed by atoms with Gasteiger partial charge < -0.3 is 5.32 Å². The van der Waals surface area contributed by atoms with Crippen molar-refractivity contribution in [3.05, 3.63) is 34.9 Å². The Morgan fingerprint density at radius 1 is 1.12 bits per heavy atom. The smallest absolute Gasteiger partial charge is 0.0406 e. The molecule has 0 amide bonds. The van der Waals surface area contributed by atoms with E-state index in [1.54, 1.807) is 0 Å². The highest BCUT2D eigenvalue weighted by molar-refractivity contribution is 6.30. The zero-order valence-electron chi connectivity index (χ0n) is 10.5. The maximum atomic E-state index is 5.86. The second-order valence-electron chi connectivity index (χ2n) is 4.59. The van der Waals surface area contributed by atoms with Crippen LogP contribution in [0.4, 0.5) is 0 Å². The quantitative estimate of drug-likeness (QED) is 0.790. The molecule has 1 nitrogen and oxygen atoms in total. The summed E-state index contributed by atoms with van der Waals surface area (Å²) in [5, 5.41) is 4.42. The van der Waals surface area contributed by atoms with Crippen LogP contribution in [0.25, 0.3) is 0 Å². The molecule has 0 spiro atoms. The lowest BCUT2D eigenvalue weighted by Crippen LogP contribution is -2.35. The molecule has 0 saturated carbocycles. The van der Waals surface area contributed by atoms with Crippen LogP contribution in [0.1, 0.15) is 39.2 Å². The second-order valence-corrected chi connectivity index (χ2v) is 5.02. The Hall–Kier alpha value is -0.530. The van der Waals surface area contributed by atoms with Crippen molar-refractivity contribution in [1.82, 2.24) is 5.32 Å². The van der Waals surface area contributed by atoms with E-state index >= 15 is 0 Å². The molecule has 0 aliphatic heterocycles. The monoisotopic (exact) mass is 239 g/mol. The van der Waals surface area contributed by atoms with Crippen molar-refractivity contribution in [3.8, 4) is 0 Å². The van der Waals surface area contributed by atoms with Gasteiger partial charge in [-0.1, -0.05) is 37.1 Å². The summed E-state index contributed by atoms with van der Waals surface area (Å²) >= 11 is 5.86. The third-order valence-electron chi connectivity index (χ3n) is 2.75. The Morgan fingerprint density at radius 2 is 1.75 bits per heavy atom. The second kappa shape index (κ2) is 6.93. The van der Waals surface area contributed by atoms with Crippen molar-refractivity contribution in [2.24, 2.45) is 0 Å². The van der Waals surface area contributed by atoms with Crippen LogP contribution in [0.5, 0.6) is 0 Å². The molecule has 2 heteroatoms. The number of halogens is 1. The van der Waals surface area contributed by atoms with Gasteiger partial charge in [-0.15, -0.1) is 0 Å². The van der Waals surface area contributed by atoms with E-state index in [9.17, 15) is 0 Å². The molecule has 0 bridgehead atoms. The maximum absolute atomic E-state index is 5.86. The van der Waals surface area contributed by atoms with E-state index in [-0.39, 0.29) is 0 Å². The summed E-state index contributed by atoms with van der Waals surface area (Å²) in [4.78, 5) is 0. The SMILES string of the molecule is CCCC(C)NC(C)Cc1ccc(Cl)cc1. The van der Waals surface area contributed by atoms with Gasteiger partial charge in [-0.05, 0) is 44.4 Å². The molecule has 0 aliphatic rings. The van der Waals surface area contributed by atoms with E-state index in [1.165, 1.54) is 18.4 Å². The van der Waals surface area contributed by atoms with Crippen LogP contribution >= 0.6 is 11.6 Å². The van der Waals surface area contributed by atoms with Gasteiger partial charge in [0.15, 0.2) is 0 Å². The molecule has 16 heavy (non-hydrogen) atoms. The number of rotatable bonds is 6. The molecule has 0 radical (unpaired) electrons. The molecule has 1 rings (SSSR count). The van der Waals surface area contributed by atoms with Gasteiger partial charge in [0.1, 0.15) is 0 Å². The van der Waals surface area contributed by atoms with Crippen molar-refractivity contribution < 1.29 is 0 Å². The zero-order valence-corrected chi connectivity index (χ0v) is 11.2. The molecule has 2 unspecified atom stereocenters. The number of hydrogen-bond acceptors (Lipinski definition) is 1. The fourth-order valence-electron chi connectivity index (χ4n) is 2.04. The van der Waals surface area contributed by atoms with E-state index in [2.05, 4.69) is 38.2 Å². The highest BCUT2D eigenvalue weighted by Gasteiger charge is 2.07. The zero-order chi connectivity index (χ0) is 12.0. The fourth-order valence-corrected chi connectivity index (χ4v) is 2.16. The summed E-state index contributed by atoms with van der Waals surface area (Å²) in [7, 11) is 0. The van der Waals surface area contributed by atoms with E-state index in [0.717, 1.165) is 11.4 Å². The number of nitrogens with one attached hydrogen (secondary N) is 1. The minimum Gasteiger partial charge on any atom is -0.311 e. The van der Waals surface area contributed by atoms with Crippen molar-refractivity contribution in [3.63, 3.8) is 0 Å². The van der Waals surface area contributed by atoms with Crippen molar-refractivity contribution in [1.29, 1.82) is 0 Å². The summed E-state index contributed by atoms with van der Waals surface area (Å²) in [5.41, 5.74) is 1.34. The lowest BCUT2D eigenvalue weighted by Gasteiger charge is -2.19. The van der Waals surface area contributed by atoms with Crippen LogP contribution in [0.3, 0.4) is 0 Å². The van der Waals surface area contributed by atoms with Crippen LogP contribution in [0.15, 0.2) is 24.3 Å². The highest BCUT2D eigenvalue weighted by Crippen LogP contribution is 2.11. The van der Waals surface area contributed by atoms with E-state index < -0.39 is 0 Å². The molecule has 0 fully saturated rings. The molecule has 90 valence electrons. The van der Waals surface area contributed by atoms with Crippen LogP contribution in [0.2, 0.25) is 5.02 Å². The van der Waals surface area contributed by atoms with Gasteiger partial charge in [-0.25, -0.2) is 0 Å². The van der Waals surface area contributed by atoms with Gasteiger partial charge in [0.25, 0.3) is 0 Å². The Balaban J connectivity index is 2.39. The summed E-state index contributed by atoms with van der Waals surface area (Å²) in [6.07, 6.45) is 3.54. The third kappa shape index (κ3) is 5.00. The van der Waals surface area contributed by atoms with Crippen molar-refractivity contribution in [2.45, 2.75) is 52.1 Å². The van der Waals surface area contributed by atoms with Crippen LogP contribution in [0, 0.1) is 0 Å². The first-order chi connectivity index (χ1) is 7.61. The number of hydrogen-bond donors (Lipinski definition) is 1. The molecule has 0 heterocycles. The summed E-state index contributed by atoms with van der Waals surface area (Å²) in [6, 6.07) is 9.24. The minimum atomic E-state index is 0.516. The maximum Gasteiger partial charge on any atom is 0.0406 e. The van der Waals surface area contributed by atoms with E-state index in [1.807, 2.05) is 12.1 Å². The highest BCUT2D eigenvalue weighted by atomic mass is 35.5. The van der Waals surface area contributed by atoms with Gasteiger partial charge in [-0.2, -0.15) is 0 Å². The van der Waals surface area contributed by atoms with Crippen LogP contribution in [-0.2, 0) is 6.42 Å². The molecule has 1 N–H and O–H groups in total. The lowest BCUT2D eigenvalue weighted by molar-refractivity contribution is 0.441. The van der Waals surface area contributed by atoms with Gasteiger partial charge in [0, 0.05) is 17.1 Å². The van der Waals surface area contributed by atoms with Crippen molar-refractivity contribution >= 4 is 11.6 Å². The Bertz CT molecular complexity index is 294. The minimum absolute atomic E-state index is 0.516. The van der Waals surface area contributed by atoms with Crippen LogP contribution in [-0.4, -0.2) is 12.1 Å². The Morgan fingerprint density at radius 3 is 2.31 bits per heavy atom. The van der Waals surface area contributed by atoms with Crippen LogP contribution < -0.4 is 5.32 Å². The molecule has 2 atom stereocenters. The first kappa shape index (κ1) is 13.5. The normalized spacial score (nSPS) is 14.8. The molecule has 0 saturated heterocycles. The third-order valence-corrected chi connectivity index (χ3v) is 3.00. The predicted molar refractivity (Wildman–Crippen MR) is 72.1 cm³/mol. The molecular formula is C14H22ClN. The topological polar surface area (TPSA) is 12.0 Å². The average Bonchev–Trinajstić information content (AvgIpc) is 2.21. The largest absolute Gasteiger partial charge is 0.311 e. The summed E-state index contributed by atoms with van der Waals surface area (Å²) in [6.45, 7) is 6.71. The average molecular weight is 240 g/mol. The standard InChI is InChI=1S/C14H22ClN/c1-4-5-11(2)16-12(3)10-13-6-8-14(15)9-7-13/h6-9,11-12,16H,4-5,10H2,1-3H3. The molecule has 0 aromatic heterocycles. The summed E-state index contributed by atoms with van der Waals surface area (Å²) in [5.74, 6) is 0. The number of benzene rings is 1. The van der Waals surface area contributed by atoms with E-state index in [4.69, 9.17) is 11.6 Å². The lowest BCUT2D eigenvalue weighted by atomic mass is 10.1. The van der Waals surface area contributed by atoms with Gasteiger partial charge in [-0.3, -0.25) is 0 Å². The van der Waals surface area contributed by atoms with Gasteiger partial charge in [0.05, 0.1) is 0 Å². The first-order valence-corrected chi connectivity index (χ1v) is 6.50. The molecular weight excluding hydrogens is 218 g/mol. The molecule has 0 aliphatic carbocycles. The predicted octanol–water partition coefficient (Wildman–Crippen LogP) is 4.05. The van der Waals surface area contributed by atoms with Gasteiger partial charge in [0.2, 0.25) is 0 Å². The Kier molecular flexibility index (Phi) is 5.86.